The van der Waals surface area contributed by atoms with E-state index in [1.807, 2.05) is 0 Å². The van der Waals surface area contributed by atoms with Crippen molar-refractivity contribution in [2.45, 2.75) is 12.8 Å². The van der Waals surface area contributed by atoms with Gasteiger partial charge in [0, 0.05) is 6.54 Å². The molecule has 0 aliphatic rings. The molecule has 0 saturated heterocycles. The number of rotatable bonds is 5. The van der Waals surface area contributed by atoms with E-state index in [9.17, 15) is 4.79 Å². The molecule has 0 bridgehead atoms. The lowest BCUT2D eigenvalue weighted by Gasteiger charge is -2.03. The Balaban J connectivity index is 2.40. The van der Waals surface area contributed by atoms with Gasteiger partial charge in [-0.15, -0.1) is 0 Å². The van der Waals surface area contributed by atoms with E-state index in [4.69, 9.17) is 17.3 Å². The van der Waals surface area contributed by atoms with Crippen LogP contribution in [0.3, 0.4) is 0 Å². The van der Waals surface area contributed by atoms with E-state index in [2.05, 4.69) is 10.3 Å². The van der Waals surface area contributed by atoms with Crippen LogP contribution in [0, 0.1) is 0 Å². The molecule has 0 atom stereocenters. The number of carbonyl (C=O) groups is 1. The summed E-state index contributed by atoms with van der Waals surface area (Å²) >= 11 is 5.67. The molecule has 0 aliphatic carbocycles. The van der Waals surface area contributed by atoms with Crippen LogP contribution in [-0.4, -0.2) is 24.0 Å². The fraction of sp³-hybridized carbons (Fsp3) is 0.400. The van der Waals surface area contributed by atoms with Crippen LogP contribution in [-0.2, 0) is 0 Å². The summed E-state index contributed by atoms with van der Waals surface area (Å²) in [6.45, 7) is 1.26. The van der Waals surface area contributed by atoms with Crippen molar-refractivity contribution in [3.8, 4) is 0 Å². The number of aromatic nitrogens is 1. The van der Waals surface area contributed by atoms with Crippen molar-refractivity contribution in [1.29, 1.82) is 0 Å². The molecule has 0 unspecified atom stereocenters. The lowest BCUT2D eigenvalue weighted by molar-refractivity contribution is 0.0948. The number of unbranched alkanes of at least 4 members (excludes halogenated alkanes) is 1. The first kappa shape index (κ1) is 11.9. The van der Waals surface area contributed by atoms with Crippen molar-refractivity contribution in [3.05, 3.63) is 29.0 Å². The van der Waals surface area contributed by atoms with Gasteiger partial charge in [0.05, 0.1) is 0 Å². The van der Waals surface area contributed by atoms with Crippen LogP contribution in [0.1, 0.15) is 23.3 Å². The largest absolute Gasteiger partial charge is 0.351 e. The standard InChI is InChI=1S/C10H14ClN3O/c11-9-5-3-4-8(14-9)10(15)13-7-2-1-6-12/h3-5H,1-2,6-7,12H2,(H,13,15). The van der Waals surface area contributed by atoms with Crippen LogP contribution in [0.4, 0.5) is 0 Å². The number of hydrogen-bond acceptors (Lipinski definition) is 3. The number of nitrogens with zero attached hydrogens (tertiary/aromatic N) is 1. The third-order valence-electron chi connectivity index (χ3n) is 1.86. The maximum Gasteiger partial charge on any atom is 0.269 e. The minimum Gasteiger partial charge on any atom is -0.351 e. The van der Waals surface area contributed by atoms with Gasteiger partial charge in [0.15, 0.2) is 0 Å². The van der Waals surface area contributed by atoms with Crippen molar-refractivity contribution in [1.82, 2.24) is 10.3 Å². The summed E-state index contributed by atoms with van der Waals surface area (Å²) in [6, 6.07) is 4.96. The van der Waals surface area contributed by atoms with Gasteiger partial charge in [0.25, 0.3) is 5.91 Å². The SMILES string of the molecule is NCCCCNC(=O)c1cccc(Cl)n1. The number of nitrogens with one attached hydrogen (secondary N) is 1. The molecule has 1 aromatic rings. The number of pyridine rings is 1. The molecule has 0 radical (unpaired) electrons. The highest BCUT2D eigenvalue weighted by atomic mass is 35.5. The maximum atomic E-state index is 11.5. The molecule has 0 spiro atoms. The van der Waals surface area contributed by atoms with Gasteiger partial charge in [-0.1, -0.05) is 17.7 Å². The Morgan fingerprint density at radius 1 is 1.47 bits per heavy atom. The Labute approximate surface area is 93.8 Å². The van der Waals surface area contributed by atoms with Crippen molar-refractivity contribution in [2.24, 2.45) is 5.73 Å². The predicted molar refractivity (Wildman–Crippen MR) is 59.9 cm³/mol. The van der Waals surface area contributed by atoms with Crippen LogP contribution < -0.4 is 11.1 Å². The summed E-state index contributed by atoms with van der Waals surface area (Å²) in [6.07, 6.45) is 1.78. The van der Waals surface area contributed by atoms with E-state index >= 15 is 0 Å². The molecule has 0 saturated carbocycles. The monoisotopic (exact) mass is 227 g/mol. The Bertz CT molecular complexity index is 330. The zero-order valence-electron chi connectivity index (χ0n) is 8.37. The minimum absolute atomic E-state index is 0.200. The lowest BCUT2D eigenvalue weighted by Crippen LogP contribution is -2.25. The molecule has 0 aromatic carbocycles. The van der Waals surface area contributed by atoms with Crippen molar-refractivity contribution in [3.63, 3.8) is 0 Å². The van der Waals surface area contributed by atoms with Crippen LogP contribution >= 0.6 is 11.6 Å². The van der Waals surface area contributed by atoms with E-state index in [0.717, 1.165) is 12.8 Å². The zero-order valence-corrected chi connectivity index (χ0v) is 9.13. The predicted octanol–water partition coefficient (Wildman–Crippen LogP) is 1.20. The fourth-order valence-electron chi connectivity index (χ4n) is 1.10. The Morgan fingerprint density at radius 3 is 2.93 bits per heavy atom. The molecule has 3 N–H and O–H groups in total. The van der Waals surface area contributed by atoms with E-state index in [-0.39, 0.29) is 5.91 Å². The summed E-state index contributed by atoms with van der Waals surface area (Å²) in [7, 11) is 0. The second-order valence-corrected chi connectivity index (χ2v) is 3.48. The number of nitrogens with two attached hydrogens (primary N) is 1. The third-order valence-corrected chi connectivity index (χ3v) is 2.07. The lowest BCUT2D eigenvalue weighted by atomic mass is 10.3. The summed E-state index contributed by atoms with van der Waals surface area (Å²) in [5.41, 5.74) is 5.68. The maximum absolute atomic E-state index is 11.5. The van der Waals surface area contributed by atoms with Crippen molar-refractivity contribution < 1.29 is 4.79 Å². The average molecular weight is 228 g/mol. The van der Waals surface area contributed by atoms with Crippen LogP contribution in [0.25, 0.3) is 0 Å². The summed E-state index contributed by atoms with van der Waals surface area (Å²) in [5.74, 6) is -0.200. The first-order valence-electron chi connectivity index (χ1n) is 4.85. The van der Waals surface area contributed by atoms with Crippen LogP contribution in [0.5, 0.6) is 0 Å². The zero-order chi connectivity index (χ0) is 11.1. The van der Waals surface area contributed by atoms with Gasteiger partial charge in [-0.3, -0.25) is 4.79 Å². The van der Waals surface area contributed by atoms with E-state index < -0.39 is 0 Å². The first-order valence-corrected chi connectivity index (χ1v) is 5.22. The van der Waals surface area contributed by atoms with Gasteiger partial charge in [0.2, 0.25) is 0 Å². The number of hydrogen-bond donors (Lipinski definition) is 2. The highest BCUT2D eigenvalue weighted by molar-refractivity contribution is 6.29. The van der Waals surface area contributed by atoms with E-state index in [0.29, 0.717) is 23.9 Å². The molecular weight excluding hydrogens is 214 g/mol. The molecule has 1 rings (SSSR count). The number of carbonyl (C=O) groups excluding carboxylic acids is 1. The molecule has 0 fully saturated rings. The van der Waals surface area contributed by atoms with E-state index in [1.54, 1.807) is 18.2 Å². The minimum atomic E-state index is -0.200. The second kappa shape index (κ2) is 6.37. The number of amides is 1. The van der Waals surface area contributed by atoms with Gasteiger partial charge in [-0.05, 0) is 31.5 Å². The summed E-state index contributed by atoms with van der Waals surface area (Å²) in [5, 5.41) is 3.07. The molecule has 1 aromatic heterocycles. The van der Waals surface area contributed by atoms with Gasteiger partial charge in [-0.25, -0.2) is 4.98 Å². The normalized spacial score (nSPS) is 10.0. The molecule has 82 valence electrons. The summed E-state index contributed by atoms with van der Waals surface area (Å²) < 4.78 is 0. The molecule has 1 heterocycles. The van der Waals surface area contributed by atoms with E-state index in [1.165, 1.54) is 0 Å². The third kappa shape index (κ3) is 4.27. The Kier molecular flexibility index (Phi) is 5.07. The second-order valence-electron chi connectivity index (χ2n) is 3.10. The first-order chi connectivity index (χ1) is 7.24. The Hall–Kier alpha value is -1.13. The highest BCUT2D eigenvalue weighted by Crippen LogP contribution is 2.04. The quantitative estimate of drug-likeness (QED) is 0.587. The fourth-order valence-corrected chi connectivity index (χ4v) is 1.26. The summed E-state index contributed by atoms with van der Waals surface area (Å²) in [4.78, 5) is 15.4. The van der Waals surface area contributed by atoms with Gasteiger partial charge in [-0.2, -0.15) is 0 Å². The number of halogens is 1. The molecule has 0 aliphatic heterocycles. The van der Waals surface area contributed by atoms with Gasteiger partial charge in [0.1, 0.15) is 10.8 Å². The Morgan fingerprint density at radius 2 is 2.27 bits per heavy atom. The molecule has 5 heteroatoms. The smallest absolute Gasteiger partial charge is 0.269 e. The average Bonchev–Trinajstić information content (AvgIpc) is 2.24. The van der Waals surface area contributed by atoms with Crippen molar-refractivity contribution >= 4 is 17.5 Å². The molecule has 4 nitrogen and oxygen atoms in total. The molecule has 1 amide bonds. The van der Waals surface area contributed by atoms with Crippen molar-refractivity contribution in [2.75, 3.05) is 13.1 Å². The van der Waals surface area contributed by atoms with Gasteiger partial charge >= 0.3 is 0 Å². The molecular formula is C10H14ClN3O. The molecule has 15 heavy (non-hydrogen) atoms. The topological polar surface area (TPSA) is 68.0 Å². The van der Waals surface area contributed by atoms with Crippen LogP contribution in [0.2, 0.25) is 5.15 Å². The highest BCUT2D eigenvalue weighted by Gasteiger charge is 2.05. The van der Waals surface area contributed by atoms with Gasteiger partial charge < -0.3 is 11.1 Å². The van der Waals surface area contributed by atoms with Crippen LogP contribution in [0.15, 0.2) is 18.2 Å².